The number of rotatable bonds is 2. The Morgan fingerprint density at radius 3 is 2.06 bits per heavy atom. The van der Waals surface area contributed by atoms with Crippen molar-refractivity contribution in [2.45, 2.75) is 13.8 Å². The van der Waals surface area contributed by atoms with Gasteiger partial charge in [0.25, 0.3) is 0 Å². The molecule has 82 valence electrons. The Kier molecular flexibility index (Phi) is 3.30. The predicted octanol–water partition coefficient (Wildman–Crippen LogP) is 4.86. The van der Waals surface area contributed by atoms with Gasteiger partial charge in [0.05, 0.1) is 0 Å². The molecule has 0 bridgehead atoms. The molecule has 0 aliphatic heterocycles. The van der Waals surface area contributed by atoms with Crippen molar-refractivity contribution >= 4 is 15.9 Å². The van der Waals surface area contributed by atoms with Crippen LogP contribution in [-0.2, 0) is 0 Å². The summed E-state index contributed by atoms with van der Waals surface area (Å²) in [6.07, 6.45) is 0. The molecule has 2 aromatic carbocycles. The molecule has 0 aromatic heterocycles. The minimum absolute atomic E-state index is 0.853. The van der Waals surface area contributed by atoms with Gasteiger partial charge in [-0.3, -0.25) is 0 Å². The number of hydrogen-bond donors (Lipinski definition) is 0. The first-order valence-electron chi connectivity index (χ1n) is 5.16. The fraction of sp³-hybridized carbons (Fsp3) is 0.143. The molecule has 0 radical (unpaired) electrons. The Morgan fingerprint density at radius 1 is 0.812 bits per heavy atom. The fourth-order valence-electron chi connectivity index (χ4n) is 1.42. The second kappa shape index (κ2) is 4.71. The standard InChI is InChI=1S/C14H13BrO/c1-10-3-6-14(9-11(10)2)16-13-7-4-12(15)5-8-13/h3-9H,1-2H3. The molecule has 2 aromatic rings. The van der Waals surface area contributed by atoms with E-state index in [2.05, 4.69) is 41.9 Å². The van der Waals surface area contributed by atoms with Crippen molar-refractivity contribution in [2.75, 3.05) is 0 Å². The zero-order valence-electron chi connectivity index (χ0n) is 9.33. The van der Waals surface area contributed by atoms with Crippen LogP contribution in [0.5, 0.6) is 11.5 Å². The number of benzene rings is 2. The molecule has 0 unspecified atom stereocenters. The minimum atomic E-state index is 0.853. The third-order valence-electron chi connectivity index (χ3n) is 2.53. The molecule has 16 heavy (non-hydrogen) atoms. The van der Waals surface area contributed by atoms with Crippen molar-refractivity contribution in [3.63, 3.8) is 0 Å². The number of ether oxygens (including phenoxy) is 1. The Bertz CT molecular complexity index is 489. The van der Waals surface area contributed by atoms with E-state index in [4.69, 9.17) is 4.74 Å². The molecule has 0 saturated heterocycles. The second-order valence-corrected chi connectivity index (χ2v) is 4.72. The van der Waals surface area contributed by atoms with Gasteiger partial charge in [-0.2, -0.15) is 0 Å². The smallest absolute Gasteiger partial charge is 0.127 e. The largest absolute Gasteiger partial charge is 0.457 e. The fourth-order valence-corrected chi connectivity index (χ4v) is 1.68. The summed E-state index contributed by atoms with van der Waals surface area (Å²) in [5, 5.41) is 0. The summed E-state index contributed by atoms with van der Waals surface area (Å²) in [7, 11) is 0. The van der Waals surface area contributed by atoms with Crippen LogP contribution in [0.25, 0.3) is 0 Å². The Balaban J connectivity index is 2.20. The van der Waals surface area contributed by atoms with Crippen LogP contribution in [0.15, 0.2) is 46.9 Å². The van der Waals surface area contributed by atoms with Gasteiger partial charge in [-0.15, -0.1) is 0 Å². The van der Waals surface area contributed by atoms with Gasteiger partial charge in [-0.25, -0.2) is 0 Å². The summed E-state index contributed by atoms with van der Waals surface area (Å²) < 4.78 is 6.80. The molecule has 0 saturated carbocycles. The summed E-state index contributed by atoms with van der Waals surface area (Å²) in [5.41, 5.74) is 2.53. The van der Waals surface area contributed by atoms with Crippen LogP contribution in [0.1, 0.15) is 11.1 Å². The van der Waals surface area contributed by atoms with E-state index in [9.17, 15) is 0 Å². The van der Waals surface area contributed by atoms with Gasteiger partial charge in [0.1, 0.15) is 11.5 Å². The maximum Gasteiger partial charge on any atom is 0.127 e. The SMILES string of the molecule is Cc1ccc(Oc2ccc(Br)cc2)cc1C. The van der Waals surface area contributed by atoms with Crippen molar-refractivity contribution in [3.05, 3.63) is 58.1 Å². The van der Waals surface area contributed by atoms with E-state index in [1.54, 1.807) is 0 Å². The average Bonchev–Trinajstić information content (AvgIpc) is 2.27. The molecule has 0 spiro atoms. The first kappa shape index (κ1) is 11.2. The molecule has 0 heterocycles. The van der Waals surface area contributed by atoms with Crippen LogP contribution >= 0.6 is 15.9 Å². The monoisotopic (exact) mass is 276 g/mol. The van der Waals surface area contributed by atoms with E-state index < -0.39 is 0 Å². The summed E-state index contributed by atoms with van der Waals surface area (Å²) >= 11 is 3.40. The zero-order chi connectivity index (χ0) is 11.5. The van der Waals surface area contributed by atoms with Gasteiger partial charge in [0, 0.05) is 4.47 Å². The maximum absolute atomic E-state index is 5.75. The van der Waals surface area contributed by atoms with Gasteiger partial charge < -0.3 is 4.74 Å². The molecule has 0 amide bonds. The van der Waals surface area contributed by atoms with Crippen molar-refractivity contribution in [2.24, 2.45) is 0 Å². The average molecular weight is 277 g/mol. The van der Waals surface area contributed by atoms with Gasteiger partial charge in [-0.1, -0.05) is 22.0 Å². The number of hydrogen-bond acceptors (Lipinski definition) is 1. The lowest BCUT2D eigenvalue weighted by Gasteiger charge is -2.07. The topological polar surface area (TPSA) is 9.23 Å². The first-order valence-corrected chi connectivity index (χ1v) is 5.95. The second-order valence-electron chi connectivity index (χ2n) is 3.80. The normalized spacial score (nSPS) is 10.2. The van der Waals surface area contributed by atoms with Crippen LogP contribution in [0.3, 0.4) is 0 Å². The Morgan fingerprint density at radius 2 is 1.44 bits per heavy atom. The number of halogens is 1. The summed E-state index contributed by atoms with van der Waals surface area (Å²) in [5.74, 6) is 1.73. The Hall–Kier alpha value is -1.28. The van der Waals surface area contributed by atoms with Crippen molar-refractivity contribution < 1.29 is 4.74 Å². The van der Waals surface area contributed by atoms with E-state index in [0.29, 0.717) is 0 Å². The van der Waals surface area contributed by atoms with Gasteiger partial charge in [0.15, 0.2) is 0 Å². The minimum Gasteiger partial charge on any atom is -0.457 e. The molecule has 2 heteroatoms. The predicted molar refractivity (Wildman–Crippen MR) is 70.1 cm³/mol. The lowest BCUT2D eigenvalue weighted by Crippen LogP contribution is -1.86. The Labute approximate surface area is 104 Å². The van der Waals surface area contributed by atoms with Crippen LogP contribution in [-0.4, -0.2) is 0 Å². The van der Waals surface area contributed by atoms with E-state index >= 15 is 0 Å². The van der Waals surface area contributed by atoms with E-state index in [0.717, 1.165) is 16.0 Å². The molecule has 0 fully saturated rings. The highest BCUT2D eigenvalue weighted by Gasteiger charge is 1.99. The lowest BCUT2D eigenvalue weighted by molar-refractivity contribution is 0.482. The molecule has 0 atom stereocenters. The van der Waals surface area contributed by atoms with Gasteiger partial charge in [-0.05, 0) is 61.4 Å². The zero-order valence-corrected chi connectivity index (χ0v) is 10.9. The highest BCUT2D eigenvalue weighted by molar-refractivity contribution is 9.10. The highest BCUT2D eigenvalue weighted by atomic mass is 79.9. The van der Waals surface area contributed by atoms with E-state index in [1.807, 2.05) is 30.3 Å². The third-order valence-corrected chi connectivity index (χ3v) is 3.06. The lowest BCUT2D eigenvalue weighted by atomic mass is 10.1. The van der Waals surface area contributed by atoms with Crippen LogP contribution in [0.2, 0.25) is 0 Å². The van der Waals surface area contributed by atoms with Crippen molar-refractivity contribution in [1.29, 1.82) is 0 Å². The molecule has 1 nitrogen and oxygen atoms in total. The summed E-state index contributed by atoms with van der Waals surface area (Å²) in [6.45, 7) is 4.18. The van der Waals surface area contributed by atoms with E-state index in [1.165, 1.54) is 11.1 Å². The molecular formula is C14H13BrO. The molecule has 0 N–H and O–H groups in total. The van der Waals surface area contributed by atoms with Crippen LogP contribution < -0.4 is 4.74 Å². The van der Waals surface area contributed by atoms with Crippen molar-refractivity contribution in [1.82, 2.24) is 0 Å². The van der Waals surface area contributed by atoms with Crippen LogP contribution in [0, 0.1) is 13.8 Å². The molecule has 2 rings (SSSR count). The first-order chi connectivity index (χ1) is 7.65. The molecule has 0 aliphatic rings. The molecule has 0 aliphatic carbocycles. The quantitative estimate of drug-likeness (QED) is 0.761. The van der Waals surface area contributed by atoms with E-state index in [-0.39, 0.29) is 0 Å². The summed E-state index contributed by atoms with van der Waals surface area (Å²) in [4.78, 5) is 0. The number of aryl methyl sites for hydroxylation is 2. The third kappa shape index (κ3) is 2.64. The summed E-state index contributed by atoms with van der Waals surface area (Å²) in [6, 6.07) is 13.9. The van der Waals surface area contributed by atoms with Gasteiger partial charge in [0.2, 0.25) is 0 Å². The van der Waals surface area contributed by atoms with Gasteiger partial charge >= 0.3 is 0 Å². The maximum atomic E-state index is 5.75. The van der Waals surface area contributed by atoms with Crippen LogP contribution in [0.4, 0.5) is 0 Å². The highest BCUT2D eigenvalue weighted by Crippen LogP contribution is 2.24. The van der Waals surface area contributed by atoms with Crippen molar-refractivity contribution in [3.8, 4) is 11.5 Å². The molecular weight excluding hydrogens is 264 g/mol.